The van der Waals surface area contributed by atoms with Crippen LogP contribution < -0.4 is 15.0 Å². The third-order valence-corrected chi connectivity index (χ3v) is 5.91. The van der Waals surface area contributed by atoms with Gasteiger partial charge in [0.2, 0.25) is 5.88 Å². The fourth-order valence-electron chi connectivity index (χ4n) is 4.15. The van der Waals surface area contributed by atoms with Crippen molar-refractivity contribution in [1.29, 1.82) is 0 Å². The van der Waals surface area contributed by atoms with Gasteiger partial charge in [0.25, 0.3) is 0 Å². The summed E-state index contributed by atoms with van der Waals surface area (Å²) < 4.78 is 65.2. The number of aryl methyl sites for hydroxylation is 1. The Balaban J connectivity index is 1.75. The molecule has 1 fully saturated rings. The Kier molecular flexibility index (Phi) is 6.48. The van der Waals surface area contributed by atoms with E-state index in [1.165, 1.54) is 19.2 Å². The summed E-state index contributed by atoms with van der Waals surface area (Å²) in [6.45, 7) is 4.64. The van der Waals surface area contributed by atoms with Gasteiger partial charge in [-0.3, -0.25) is 0 Å². The maximum Gasteiger partial charge on any atom is 0.419 e. The third-order valence-electron chi connectivity index (χ3n) is 5.91. The topological polar surface area (TPSA) is 72.4 Å². The zero-order valence-electron chi connectivity index (χ0n) is 19.2. The molecule has 0 bridgehead atoms. The largest absolute Gasteiger partial charge is 0.479 e. The van der Waals surface area contributed by atoms with Crippen molar-refractivity contribution in [1.82, 2.24) is 15.0 Å². The van der Waals surface area contributed by atoms with Crippen LogP contribution in [0.5, 0.6) is 5.88 Å². The van der Waals surface area contributed by atoms with E-state index in [1.807, 2.05) is 6.07 Å². The summed E-state index contributed by atoms with van der Waals surface area (Å²) in [4.78, 5) is 15.4. The highest BCUT2D eigenvalue weighted by molar-refractivity contribution is 5.90. The molecule has 0 aliphatic carbocycles. The van der Waals surface area contributed by atoms with Crippen LogP contribution in [0.3, 0.4) is 0 Å². The van der Waals surface area contributed by atoms with Gasteiger partial charge in [-0.2, -0.15) is 18.2 Å². The van der Waals surface area contributed by atoms with E-state index in [-0.39, 0.29) is 11.7 Å². The Morgan fingerprint density at radius 2 is 1.94 bits per heavy atom. The molecule has 0 spiro atoms. The van der Waals surface area contributed by atoms with Crippen LogP contribution in [0.25, 0.3) is 11.0 Å². The number of fused-ring (bicyclic) bond motifs is 1. The first-order chi connectivity index (χ1) is 16.1. The van der Waals surface area contributed by atoms with Crippen LogP contribution in [0.2, 0.25) is 0 Å². The molecule has 11 heteroatoms. The van der Waals surface area contributed by atoms with Crippen LogP contribution in [0.4, 0.5) is 29.1 Å². The van der Waals surface area contributed by atoms with Crippen molar-refractivity contribution in [3.8, 4) is 5.88 Å². The molecule has 0 radical (unpaired) electrons. The predicted molar refractivity (Wildman–Crippen MR) is 120 cm³/mol. The molecule has 1 aliphatic rings. The minimum atomic E-state index is -4.79. The van der Waals surface area contributed by atoms with Gasteiger partial charge >= 0.3 is 6.18 Å². The van der Waals surface area contributed by atoms with Gasteiger partial charge in [0.05, 0.1) is 30.2 Å². The van der Waals surface area contributed by atoms with Crippen molar-refractivity contribution < 1.29 is 27.0 Å². The first kappa shape index (κ1) is 23.9. The monoisotopic (exact) mass is 479 g/mol. The number of rotatable bonds is 6. The second-order valence-corrected chi connectivity index (χ2v) is 8.17. The van der Waals surface area contributed by atoms with Crippen LogP contribution >= 0.6 is 0 Å². The minimum Gasteiger partial charge on any atom is -0.479 e. The van der Waals surface area contributed by atoms with Gasteiger partial charge in [-0.25, -0.2) is 14.4 Å². The summed E-state index contributed by atoms with van der Waals surface area (Å²) in [6, 6.07) is 4.25. The molecule has 34 heavy (non-hydrogen) atoms. The van der Waals surface area contributed by atoms with Crippen LogP contribution in [0.15, 0.2) is 24.3 Å². The summed E-state index contributed by atoms with van der Waals surface area (Å²) in [5.74, 6) is -0.182. The van der Waals surface area contributed by atoms with Crippen LogP contribution in [-0.2, 0) is 10.9 Å². The molecule has 7 nitrogen and oxygen atoms in total. The smallest absolute Gasteiger partial charge is 0.419 e. The van der Waals surface area contributed by atoms with Crippen molar-refractivity contribution >= 4 is 22.5 Å². The molecule has 3 aromatic rings. The molecule has 1 aliphatic heterocycles. The number of nitrogens with one attached hydrogen (secondary N) is 1. The summed E-state index contributed by atoms with van der Waals surface area (Å²) >= 11 is 0. The van der Waals surface area contributed by atoms with Crippen molar-refractivity contribution in [2.45, 2.75) is 38.6 Å². The first-order valence-electron chi connectivity index (χ1n) is 10.8. The molecule has 1 saturated heterocycles. The van der Waals surface area contributed by atoms with Crippen LogP contribution in [0, 0.1) is 12.7 Å². The Bertz CT molecular complexity index is 1200. The Hall–Kier alpha value is -3.21. The Labute approximate surface area is 194 Å². The van der Waals surface area contributed by atoms with Crippen molar-refractivity contribution in [3.05, 3.63) is 47.0 Å². The number of pyridine rings is 1. The zero-order chi connectivity index (χ0) is 24.6. The average Bonchev–Trinajstić information content (AvgIpc) is 3.26. The van der Waals surface area contributed by atoms with Gasteiger partial charge in [-0.05, 0) is 32.4 Å². The standard InChI is InChI=1S/C23H25F4N5O2/c1-12(15-6-5-7-17(19(15)24)23(25,26)27)28-20-16-10-18(32-9-8-14(11-32)33-3)22(34-4)31-21(16)30-13(2)29-20/h5-7,10,12,14H,8-9,11H2,1-4H3,(H,28,29,30,31)/t12-,14-/m1/s1. The molecule has 1 N–H and O–H groups in total. The molecule has 1 aromatic carbocycles. The van der Waals surface area contributed by atoms with Crippen LogP contribution in [0.1, 0.15) is 36.3 Å². The molecule has 0 saturated carbocycles. The average molecular weight is 479 g/mol. The van der Waals surface area contributed by atoms with Gasteiger partial charge < -0.3 is 19.7 Å². The Morgan fingerprint density at radius 3 is 2.59 bits per heavy atom. The normalized spacial score (nSPS) is 17.3. The lowest BCUT2D eigenvalue weighted by Crippen LogP contribution is -2.23. The molecular weight excluding hydrogens is 454 g/mol. The SMILES string of the molecule is COc1nc2nc(C)nc(N[C@H](C)c3cccc(C(F)(F)F)c3F)c2cc1N1CC[C@@H](OC)C1. The van der Waals surface area contributed by atoms with Gasteiger partial charge in [0, 0.05) is 25.8 Å². The first-order valence-corrected chi connectivity index (χ1v) is 10.8. The van der Waals surface area contributed by atoms with Crippen molar-refractivity contribution in [3.63, 3.8) is 0 Å². The number of halogens is 4. The molecule has 0 unspecified atom stereocenters. The summed E-state index contributed by atoms with van der Waals surface area (Å²) in [6.07, 6.45) is -3.86. The number of alkyl halides is 3. The number of ether oxygens (including phenoxy) is 2. The number of hydrogen-bond acceptors (Lipinski definition) is 7. The second-order valence-electron chi connectivity index (χ2n) is 8.17. The van der Waals surface area contributed by atoms with E-state index in [9.17, 15) is 17.6 Å². The molecule has 4 rings (SSSR count). The lowest BCUT2D eigenvalue weighted by Gasteiger charge is -2.22. The van der Waals surface area contributed by atoms with Gasteiger partial charge in [-0.1, -0.05) is 12.1 Å². The summed E-state index contributed by atoms with van der Waals surface area (Å²) in [7, 11) is 3.18. The fourth-order valence-corrected chi connectivity index (χ4v) is 4.15. The molecular formula is C23H25F4N5O2. The van der Waals surface area contributed by atoms with Crippen molar-refractivity contribution in [2.24, 2.45) is 0 Å². The minimum absolute atomic E-state index is 0.0798. The number of benzene rings is 1. The number of hydrogen-bond donors (Lipinski definition) is 1. The predicted octanol–water partition coefficient (Wildman–Crippen LogP) is 4.90. The van der Waals surface area contributed by atoms with Gasteiger partial charge in [0.1, 0.15) is 23.1 Å². The highest BCUT2D eigenvalue weighted by Gasteiger charge is 2.35. The third kappa shape index (κ3) is 4.56. The quantitative estimate of drug-likeness (QED) is 0.505. The van der Waals surface area contributed by atoms with E-state index in [0.717, 1.165) is 24.7 Å². The highest BCUT2D eigenvalue weighted by Crippen LogP contribution is 2.37. The molecule has 3 heterocycles. The molecule has 2 aromatic heterocycles. The van der Waals surface area contributed by atoms with Crippen LogP contribution in [-0.4, -0.2) is 48.4 Å². The summed E-state index contributed by atoms with van der Waals surface area (Å²) in [5, 5.41) is 3.60. The molecule has 2 atom stereocenters. The van der Waals surface area contributed by atoms with Crippen molar-refractivity contribution in [2.75, 3.05) is 37.5 Å². The van der Waals surface area contributed by atoms with E-state index < -0.39 is 23.6 Å². The maximum absolute atomic E-state index is 14.7. The summed E-state index contributed by atoms with van der Waals surface area (Å²) in [5.41, 5.74) is -0.348. The maximum atomic E-state index is 14.7. The second kappa shape index (κ2) is 9.21. The molecule has 0 amide bonds. The lowest BCUT2D eigenvalue weighted by atomic mass is 10.0. The van der Waals surface area contributed by atoms with E-state index in [2.05, 4.69) is 25.2 Å². The zero-order valence-corrected chi connectivity index (χ0v) is 19.2. The van der Waals surface area contributed by atoms with Gasteiger partial charge in [-0.15, -0.1) is 0 Å². The van der Waals surface area contributed by atoms with E-state index in [1.54, 1.807) is 21.0 Å². The molecule has 182 valence electrons. The lowest BCUT2D eigenvalue weighted by molar-refractivity contribution is -0.140. The highest BCUT2D eigenvalue weighted by atomic mass is 19.4. The van der Waals surface area contributed by atoms with E-state index in [4.69, 9.17) is 9.47 Å². The number of methoxy groups -OCH3 is 2. The Morgan fingerprint density at radius 1 is 1.18 bits per heavy atom. The van der Waals surface area contributed by atoms with Gasteiger partial charge in [0.15, 0.2) is 5.65 Å². The fraction of sp³-hybridized carbons (Fsp3) is 0.435. The van der Waals surface area contributed by atoms with E-state index >= 15 is 0 Å². The van der Waals surface area contributed by atoms with E-state index in [0.29, 0.717) is 35.1 Å². The number of anilines is 2. The number of nitrogens with zero attached hydrogens (tertiary/aromatic N) is 4. The number of aromatic nitrogens is 3.